The van der Waals surface area contributed by atoms with E-state index in [0.717, 1.165) is 31.2 Å². The maximum atomic E-state index is 13.3. The van der Waals surface area contributed by atoms with E-state index in [1.54, 1.807) is 26.0 Å². The maximum absolute atomic E-state index is 13.3. The predicted molar refractivity (Wildman–Crippen MR) is 95.6 cm³/mol. The lowest BCUT2D eigenvalue weighted by Crippen LogP contribution is -2.44. The fourth-order valence-electron chi connectivity index (χ4n) is 3.90. The molecule has 5 nitrogen and oxygen atoms in total. The number of aromatic amines is 1. The Bertz CT molecular complexity index is 833. The Morgan fingerprint density at radius 2 is 1.77 bits per heavy atom. The molecule has 1 aliphatic carbocycles. The lowest BCUT2D eigenvalue weighted by atomic mass is 9.88. The van der Waals surface area contributed by atoms with Gasteiger partial charge in [0.2, 0.25) is 0 Å². The second kappa shape index (κ2) is 6.94. The number of esters is 1. The number of rotatable bonds is 4. The average molecular weight is 358 g/mol. The molecule has 1 amide bonds. The molecule has 2 aromatic rings. The third-order valence-corrected chi connectivity index (χ3v) is 5.26. The number of carbonyl (C=O) groups is 2. The molecular formula is C20H23FN2O3. The molecule has 1 heterocycles. The number of carbonyl (C=O) groups excluding carboxylic acids is 2. The van der Waals surface area contributed by atoms with Crippen molar-refractivity contribution in [3.63, 3.8) is 0 Å². The summed E-state index contributed by atoms with van der Waals surface area (Å²) in [7, 11) is 1.32. The number of methoxy groups -OCH3 is 1. The van der Waals surface area contributed by atoms with Gasteiger partial charge in [-0.15, -0.1) is 0 Å². The highest BCUT2D eigenvalue weighted by Gasteiger charge is 2.38. The first-order valence-electron chi connectivity index (χ1n) is 8.74. The zero-order valence-electron chi connectivity index (χ0n) is 15.2. The molecule has 6 heteroatoms. The SMILES string of the molecule is COC(=O)c1c(C)[nH]c(C(=O)NC2(c3ccc(F)cc3)CCCC2)c1C. The monoisotopic (exact) mass is 358 g/mol. The zero-order valence-corrected chi connectivity index (χ0v) is 15.2. The first-order chi connectivity index (χ1) is 12.4. The zero-order chi connectivity index (χ0) is 18.9. The van der Waals surface area contributed by atoms with E-state index in [-0.39, 0.29) is 11.7 Å². The molecule has 26 heavy (non-hydrogen) atoms. The van der Waals surface area contributed by atoms with Crippen LogP contribution >= 0.6 is 0 Å². The summed E-state index contributed by atoms with van der Waals surface area (Å²) in [6.45, 7) is 3.46. The molecular weight excluding hydrogens is 335 g/mol. The van der Waals surface area contributed by atoms with Crippen molar-refractivity contribution >= 4 is 11.9 Å². The molecule has 0 radical (unpaired) electrons. The van der Waals surface area contributed by atoms with Crippen molar-refractivity contribution in [1.29, 1.82) is 0 Å². The molecule has 1 aromatic heterocycles. The molecule has 0 atom stereocenters. The van der Waals surface area contributed by atoms with Gasteiger partial charge in [0.1, 0.15) is 11.5 Å². The van der Waals surface area contributed by atoms with Crippen LogP contribution < -0.4 is 5.32 Å². The van der Waals surface area contributed by atoms with Gasteiger partial charge < -0.3 is 15.0 Å². The smallest absolute Gasteiger partial charge is 0.339 e. The average Bonchev–Trinajstić information content (AvgIpc) is 3.20. The minimum absolute atomic E-state index is 0.271. The van der Waals surface area contributed by atoms with Crippen molar-refractivity contribution in [2.45, 2.75) is 45.1 Å². The molecule has 1 saturated carbocycles. The summed E-state index contributed by atoms with van der Waals surface area (Å²) >= 11 is 0. The number of hydrogen-bond acceptors (Lipinski definition) is 3. The van der Waals surface area contributed by atoms with Gasteiger partial charge in [0.15, 0.2) is 0 Å². The Labute approximate surface area is 151 Å². The summed E-state index contributed by atoms with van der Waals surface area (Å²) < 4.78 is 18.1. The Kier molecular flexibility index (Phi) is 4.85. The molecule has 0 unspecified atom stereocenters. The van der Waals surface area contributed by atoms with Crippen molar-refractivity contribution < 1.29 is 18.7 Å². The topological polar surface area (TPSA) is 71.2 Å². The lowest BCUT2D eigenvalue weighted by Gasteiger charge is -2.31. The quantitative estimate of drug-likeness (QED) is 0.818. The van der Waals surface area contributed by atoms with Crippen LogP contribution in [0.5, 0.6) is 0 Å². The van der Waals surface area contributed by atoms with E-state index >= 15 is 0 Å². The van der Waals surface area contributed by atoms with Gasteiger partial charge in [0.25, 0.3) is 5.91 Å². The van der Waals surface area contributed by atoms with Crippen molar-refractivity contribution in [2.24, 2.45) is 0 Å². The molecule has 138 valence electrons. The van der Waals surface area contributed by atoms with Gasteiger partial charge in [-0.05, 0) is 49.9 Å². The number of halogens is 1. The van der Waals surface area contributed by atoms with Gasteiger partial charge in [-0.1, -0.05) is 25.0 Å². The molecule has 1 fully saturated rings. The second-order valence-corrected chi connectivity index (χ2v) is 6.87. The van der Waals surface area contributed by atoms with E-state index < -0.39 is 11.5 Å². The summed E-state index contributed by atoms with van der Waals surface area (Å²) in [6.07, 6.45) is 3.58. The van der Waals surface area contributed by atoms with Gasteiger partial charge in [-0.2, -0.15) is 0 Å². The fourth-order valence-corrected chi connectivity index (χ4v) is 3.90. The number of aryl methyl sites for hydroxylation is 1. The van der Waals surface area contributed by atoms with Crippen LogP contribution in [-0.4, -0.2) is 24.0 Å². The predicted octanol–water partition coefficient (Wildman–Crippen LogP) is 3.76. The van der Waals surface area contributed by atoms with E-state index in [1.165, 1.54) is 19.2 Å². The van der Waals surface area contributed by atoms with E-state index in [1.807, 2.05) is 0 Å². The Morgan fingerprint density at radius 3 is 2.35 bits per heavy atom. The molecule has 3 rings (SSSR count). The van der Waals surface area contributed by atoms with Gasteiger partial charge in [0.05, 0.1) is 18.2 Å². The lowest BCUT2D eigenvalue weighted by molar-refractivity contribution is 0.0599. The largest absolute Gasteiger partial charge is 0.465 e. The first kappa shape index (κ1) is 18.2. The fraction of sp³-hybridized carbons (Fsp3) is 0.400. The van der Waals surface area contributed by atoms with Crippen LogP contribution in [0.3, 0.4) is 0 Å². The molecule has 1 aliphatic rings. The van der Waals surface area contributed by atoms with Gasteiger partial charge >= 0.3 is 5.97 Å². The van der Waals surface area contributed by atoms with Gasteiger partial charge in [-0.3, -0.25) is 4.79 Å². The minimum Gasteiger partial charge on any atom is -0.465 e. The van der Waals surface area contributed by atoms with Crippen LogP contribution in [0.25, 0.3) is 0 Å². The second-order valence-electron chi connectivity index (χ2n) is 6.87. The summed E-state index contributed by atoms with van der Waals surface area (Å²) in [4.78, 5) is 27.9. The number of H-pyrrole nitrogens is 1. The minimum atomic E-state index is -0.512. The highest BCUT2D eigenvalue weighted by Crippen LogP contribution is 2.39. The van der Waals surface area contributed by atoms with Crippen LogP contribution in [0, 0.1) is 19.7 Å². The summed E-state index contributed by atoms with van der Waals surface area (Å²) in [5.41, 5.74) is 2.30. The van der Waals surface area contributed by atoms with E-state index in [2.05, 4.69) is 10.3 Å². The van der Waals surface area contributed by atoms with Crippen LogP contribution in [0.2, 0.25) is 0 Å². The number of benzene rings is 1. The number of nitrogens with one attached hydrogen (secondary N) is 2. The van der Waals surface area contributed by atoms with E-state index in [4.69, 9.17) is 4.74 Å². The number of aromatic nitrogens is 1. The van der Waals surface area contributed by atoms with Crippen LogP contribution in [0.1, 0.15) is 63.4 Å². The van der Waals surface area contributed by atoms with Crippen LogP contribution in [0.15, 0.2) is 24.3 Å². The van der Waals surface area contributed by atoms with Gasteiger partial charge in [0, 0.05) is 5.69 Å². The normalized spacial score (nSPS) is 15.7. The summed E-state index contributed by atoms with van der Waals surface area (Å²) in [5.74, 6) is -1.04. The maximum Gasteiger partial charge on any atom is 0.339 e. The van der Waals surface area contributed by atoms with Crippen molar-refractivity contribution in [1.82, 2.24) is 10.3 Å². The Morgan fingerprint density at radius 1 is 1.15 bits per heavy atom. The molecule has 0 saturated heterocycles. The van der Waals surface area contributed by atoms with Crippen molar-refractivity contribution in [2.75, 3.05) is 7.11 Å². The third kappa shape index (κ3) is 3.11. The van der Waals surface area contributed by atoms with Crippen LogP contribution in [-0.2, 0) is 10.3 Å². The number of ether oxygens (including phenoxy) is 1. The van der Waals surface area contributed by atoms with Gasteiger partial charge in [-0.25, -0.2) is 9.18 Å². The summed E-state index contributed by atoms with van der Waals surface area (Å²) in [6, 6.07) is 6.29. The molecule has 0 bridgehead atoms. The van der Waals surface area contributed by atoms with E-state index in [0.29, 0.717) is 22.5 Å². The molecule has 0 spiro atoms. The highest BCUT2D eigenvalue weighted by atomic mass is 19.1. The van der Waals surface area contributed by atoms with Crippen LogP contribution in [0.4, 0.5) is 4.39 Å². The van der Waals surface area contributed by atoms with E-state index in [9.17, 15) is 14.0 Å². The molecule has 2 N–H and O–H groups in total. The standard InChI is InChI=1S/C20H23FN2O3/c1-12-16(19(25)26-3)13(2)22-17(12)18(24)23-20(10-4-5-11-20)14-6-8-15(21)9-7-14/h6-9,22H,4-5,10-11H2,1-3H3,(H,23,24). The van der Waals surface area contributed by atoms with Crippen molar-refractivity contribution in [3.8, 4) is 0 Å². The summed E-state index contributed by atoms with van der Waals surface area (Å²) in [5, 5.41) is 3.14. The highest BCUT2D eigenvalue weighted by molar-refractivity contribution is 6.00. The first-order valence-corrected chi connectivity index (χ1v) is 8.74. The molecule has 0 aliphatic heterocycles. The third-order valence-electron chi connectivity index (χ3n) is 5.26. The number of hydrogen-bond donors (Lipinski definition) is 2. The molecule has 1 aromatic carbocycles. The Balaban J connectivity index is 1.93. The van der Waals surface area contributed by atoms with Crippen molar-refractivity contribution in [3.05, 3.63) is 58.2 Å². The Hall–Kier alpha value is -2.63. The number of amides is 1.